The Morgan fingerprint density at radius 1 is 1.11 bits per heavy atom. The Hall–Kier alpha value is -3.35. The van der Waals surface area contributed by atoms with Gasteiger partial charge < -0.3 is 9.72 Å². The van der Waals surface area contributed by atoms with Gasteiger partial charge in [0.25, 0.3) is 0 Å². The zero-order valence-corrected chi connectivity index (χ0v) is 15.2. The summed E-state index contributed by atoms with van der Waals surface area (Å²) in [6, 6.07) is 10.9. The third-order valence-corrected chi connectivity index (χ3v) is 4.60. The summed E-state index contributed by atoms with van der Waals surface area (Å²) < 4.78 is 32.6. The van der Waals surface area contributed by atoms with Crippen molar-refractivity contribution < 1.29 is 13.5 Å². The molecule has 4 rings (SSSR count). The van der Waals surface area contributed by atoms with Gasteiger partial charge in [0.1, 0.15) is 41.7 Å². The molecule has 0 fully saturated rings. The van der Waals surface area contributed by atoms with Crippen molar-refractivity contribution in [1.29, 1.82) is 0 Å². The zero-order valence-electron chi connectivity index (χ0n) is 15.2. The Bertz CT molecular complexity index is 1060. The Labute approximate surface area is 160 Å². The predicted octanol–water partition coefficient (Wildman–Crippen LogP) is 4.75. The predicted molar refractivity (Wildman–Crippen MR) is 101 cm³/mol. The van der Waals surface area contributed by atoms with Crippen LogP contribution in [-0.2, 0) is 6.61 Å². The number of nitrogens with one attached hydrogen (secondary N) is 1. The van der Waals surface area contributed by atoms with E-state index in [1.165, 1.54) is 6.33 Å². The summed E-state index contributed by atoms with van der Waals surface area (Å²) >= 11 is 0. The fourth-order valence-corrected chi connectivity index (χ4v) is 3.14. The van der Waals surface area contributed by atoms with Crippen LogP contribution >= 0.6 is 0 Å². The molecule has 28 heavy (non-hydrogen) atoms. The van der Waals surface area contributed by atoms with E-state index < -0.39 is 11.6 Å². The topological polar surface area (TPSA) is 63.7 Å². The third kappa shape index (κ3) is 3.69. The maximum atomic E-state index is 13.7. The van der Waals surface area contributed by atoms with E-state index in [-0.39, 0.29) is 18.1 Å². The molecule has 0 spiro atoms. The Morgan fingerprint density at radius 2 is 1.93 bits per heavy atom. The van der Waals surface area contributed by atoms with Crippen molar-refractivity contribution in [1.82, 2.24) is 19.9 Å². The van der Waals surface area contributed by atoms with Crippen LogP contribution in [0, 0.1) is 11.6 Å². The van der Waals surface area contributed by atoms with Gasteiger partial charge in [0.2, 0.25) is 0 Å². The second-order valence-corrected chi connectivity index (χ2v) is 6.44. The molecule has 1 unspecified atom stereocenters. The van der Waals surface area contributed by atoms with Crippen molar-refractivity contribution in [3.63, 3.8) is 0 Å². The summed E-state index contributed by atoms with van der Waals surface area (Å²) in [5.41, 5.74) is 2.69. The molecule has 5 nitrogen and oxygen atoms in total. The molecule has 0 aliphatic heterocycles. The summed E-state index contributed by atoms with van der Waals surface area (Å²) in [4.78, 5) is 16.0. The first-order valence-electron chi connectivity index (χ1n) is 8.96. The van der Waals surface area contributed by atoms with Crippen LogP contribution in [0.3, 0.4) is 0 Å². The number of hydrogen-bond donors (Lipinski definition) is 1. The Balaban J connectivity index is 1.50. The molecule has 0 aliphatic carbocycles. The lowest BCUT2D eigenvalue weighted by molar-refractivity contribution is 0.299. The number of halogens is 2. The average Bonchev–Trinajstić information content (AvgIpc) is 3.14. The van der Waals surface area contributed by atoms with E-state index in [1.54, 1.807) is 6.20 Å². The molecule has 0 saturated heterocycles. The van der Waals surface area contributed by atoms with E-state index in [1.807, 2.05) is 24.3 Å². The summed E-state index contributed by atoms with van der Waals surface area (Å²) in [6.07, 6.45) is 4.03. The van der Waals surface area contributed by atoms with Gasteiger partial charge in [-0.1, -0.05) is 19.1 Å². The van der Waals surface area contributed by atoms with Gasteiger partial charge in [0, 0.05) is 11.5 Å². The van der Waals surface area contributed by atoms with E-state index in [2.05, 4.69) is 26.9 Å². The highest BCUT2D eigenvalue weighted by Crippen LogP contribution is 2.28. The molecular formula is C21H18F2N4O. The first kappa shape index (κ1) is 18.0. The summed E-state index contributed by atoms with van der Waals surface area (Å²) in [5, 5.41) is 0. The van der Waals surface area contributed by atoms with Crippen LogP contribution in [-0.4, -0.2) is 19.9 Å². The minimum absolute atomic E-state index is 0.0393. The van der Waals surface area contributed by atoms with Gasteiger partial charge in [-0.2, -0.15) is 0 Å². The molecule has 1 atom stereocenters. The lowest BCUT2D eigenvalue weighted by Gasteiger charge is -2.14. The highest BCUT2D eigenvalue weighted by Gasteiger charge is 2.17. The molecule has 7 heteroatoms. The van der Waals surface area contributed by atoms with Crippen LogP contribution in [0.25, 0.3) is 11.2 Å². The lowest BCUT2D eigenvalue weighted by atomic mass is 9.96. The van der Waals surface area contributed by atoms with Crippen molar-refractivity contribution >= 4 is 11.2 Å². The quantitative estimate of drug-likeness (QED) is 0.524. The number of H-pyrrole nitrogens is 1. The van der Waals surface area contributed by atoms with Gasteiger partial charge in [0.15, 0.2) is 5.65 Å². The number of fused-ring (bicyclic) bond motifs is 1. The SMILES string of the molecule is CCC(c1ccc(OCc2cc(F)ccc2F)cc1)c1nc2ncncc2[nH]1. The lowest BCUT2D eigenvalue weighted by Crippen LogP contribution is -2.03. The van der Waals surface area contributed by atoms with Crippen LogP contribution in [0.2, 0.25) is 0 Å². The molecular weight excluding hydrogens is 362 g/mol. The van der Waals surface area contributed by atoms with E-state index >= 15 is 0 Å². The number of rotatable bonds is 6. The Kier molecular flexibility index (Phi) is 4.97. The van der Waals surface area contributed by atoms with Crippen molar-refractivity contribution in [2.45, 2.75) is 25.9 Å². The van der Waals surface area contributed by atoms with Gasteiger partial charge in [-0.15, -0.1) is 0 Å². The van der Waals surface area contributed by atoms with Crippen LogP contribution in [0.1, 0.15) is 36.2 Å². The van der Waals surface area contributed by atoms with Crippen molar-refractivity contribution in [2.75, 3.05) is 0 Å². The zero-order chi connectivity index (χ0) is 19.5. The molecule has 142 valence electrons. The highest BCUT2D eigenvalue weighted by atomic mass is 19.1. The molecule has 2 aromatic heterocycles. The number of aromatic nitrogens is 4. The van der Waals surface area contributed by atoms with Crippen LogP contribution in [0.5, 0.6) is 5.75 Å². The third-order valence-electron chi connectivity index (χ3n) is 4.60. The fourth-order valence-electron chi connectivity index (χ4n) is 3.14. The van der Waals surface area contributed by atoms with E-state index in [4.69, 9.17) is 4.74 Å². The molecule has 0 bridgehead atoms. The summed E-state index contributed by atoms with van der Waals surface area (Å²) in [6.45, 7) is 2.04. The van der Waals surface area contributed by atoms with Gasteiger partial charge in [0.05, 0.1) is 6.20 Å². The summed E-state index contributed by atoms with van der Waals surface area (Å²) in [7, 11) is 0. The second-order valence-electron chi connectivity index (χ2n) is 6.44. The number of imidazole rings is 1. The van der Waals surface area contributed by atoms with E-state index in [0.717, 1.165) is 41.5 Å². The smallest absolute Gasteiger partial charge is 0.180 e. The minimum Gasteiger partial charge on any atom is -0.489 e. The number of ether oxygens (including phenoxy) is 1. The second kappa shape index (κ2) is 7.72. The Morgan fingerprint density at radius 3 is 2.68 bits per heavy atom. The summed E-state index contributed by atoms with van der Waals surface area (Å²) in [5.74, 6) is 0.504. The minimum atomic E-state index is -0.489. The van der Waals surface area contributed by atoms with Gasteiger partial charge in [-0.05, 0) is 42.3 Å². The van der Waals surface area contributed by atoms with Crippen LogP contribution in [0.15, 0.2) is 55.0 Å². The molecule has 2 heterocycles. The van der Waals surface area contributed by atoms with Gasteiger partial charge in [-0.25, -0.2) is 23.7 Å². The molecule has 0 radical (unpaired) electrons. The average molecular weight is 380 g/mol. The van der Waals surface area contributed by atoms with Crippen molar-refractivity contribution in [2.24, 2.45) is 0 Å². The molecule has 1 N–H and O–H groups in total. The molecule has 0 amide bonds. The number of hydrogen-bond acceptors (Lipinski definition) is 4. The molecule has 0 saturated carbocycles. The van der Waals surface area contributed by atoms with Gasteiger partial charge in [-0.3, -0.25) is 0 Å². The number of nitrogens with zero attached hydrogens (tertiary/aromatic N) is 3. The van der Waals surface area contributed by atoms with Crippen LogP contribution in [0.4, 0.5) is 8.78 Å². The van der Waals surface area contributed by atoms with E-state index in [0.29, 0.717) is 11.4 Å². The molecule has 4 aromatic rings. The standard InChI is InChI=1S/C21H18F2N4O/c1-2-17(20-26-19-10-24-12-25-21(19)27-20)13-3-6-16(7-4-13)28-11-14-9-15(22)5-8-18(14)23/h3-10,12,17H,2,11H2,1H3,(H,24,25,26,27). The number of benzene rings is 2. The van der Waals surface area contributed by atoms with Crippen LogP contribution < -0.4 is 4.74 Å². The maximum absolute atomic E-state index is 13.7. The fraction of sp³-hybridized carbons (Fsp3) is 0.190. The van der Waals surface area contributed by atoms with E-state index in [9.17, 15) is 8.78 Å². The highest BCUT2D eigenvalue weighted by molar-refractivity contribution is 5.69. The maximum Gasteiger partial charge on any atom is 0.180 e. The monoisotopic (exact) mass is 380 g/mol. The molecule has 2 aromatic carbocycles. The molecule has 0 aliphatic rings. The first-order chi connectivity index (χ1) is 13.6. The van der Waals surface area contributed by atoms with Crippen molar-refractivity contribution in [3.8, 4) is 5.75 Å². The largest absolute Gasteiger partial charge is 0.489 e. The van der Waals surface area contributed by atoms with Crippen molar-refractivity contribution in [3.05, 3.63) is 83.6 Å². The first-order valence-corrected chi connectivity index (χ1v) is 8.96. The normalized spacial score (nSPS) is 12.2. The van der Waals surface area contributed by atoms with Gasteiger partial charge >= 0.3 is 0 Å². The number of aromatic amines is 1.